The molecule has 0 atom stereocenters. The van der Waals surface area contributed by atoms with Gasteiger partial charge in [-0.15, -0.1) is 0 Å². The molecule has 35 heavy (non-hydrogen) atoms. The number of benzene rings is 3. The van der Waals surface area contributed by atoms with E-state index >= 15 is 0 Å². The fraction of sp³-hybridized carbons (Fsp3) is 0.357. The third-order valence-electron chi connectivity index (χ3n) is 6.61. The highest BCUT2D eigenvalue weighted by atomic mass is 16.5. The SMILES string of the molecule is COc1ccc(-c2c(O)c(OC)cc3c2CN(CCc2ccc(OC)c(OC)c2)CC3)c(OC)c1. The van der Waals surface area contributed by atoms with E-state index in [1.807, 2.05) is 36.4 Å². The molecule has 0 amide bonds. The normalized spacial score (nSPS) is 13.2. The molecule has 1 aliphatic heterocycles. The molecule has 0 fully saturated rings. The first-order valence-corrected chi connectivity index (χ1v) is 11.6. The number of nitrogens with zero attached hydrogens (tertiary/aromatic N) is 1. The predicted octanol–water partition coefficient (Wildman–Crippen LogP) is 4.70. The third-order valence-corrected chi connectivity index (χ3v) is 6.61. The quantitative estimate of drug-likeness (QED) is 0.477. The number of fused-ring (bicyclic) bond motifs is 1. The second kappa shape index (κ2) is 10.8. The molecular weight excluding hydrogens is 446 g/mol. The van der Waals surface area contributed by atoms with E-state index in [-0.39, 0.29) is 5.75 Å². The van der Waals surface area contributed by atoms with Crippen molar-refractivity contribution in [2.45, 2.75) is 19.4 Å². The first-order chi connectivity index (χ1) is 17.0. The van der Waals surface area contributed by atoms with Gasteiger partial charge in [0.1, 0.15) is 11.5 Å². The molecule has 3 aromatic carbocycles. The molecule has 0 spiro atoms. The summed E-state index contributed by atoms with van der Waals surface area (Å²) in [5.41, 5.74) is 5.00. The van der Waals surface area contributed by atoms with Crippen LogP contribution in [0.2, 0.25) is 0 Å². The Hall–Kier alpha value is -3.58. The Balaban J connectivity index is 1.65. The maximum Gasteiger partial charge on any atom is 0.166 e. The molecule has 0 radical (unpaired) electrons. The summed E-state index contributed by atoms with van der Waals surface area (Å²) in [6.07, 6.45) is 1.74. The van der Waals surface area contributed by atoms with Gasteiger partial charge in [-0.05, 0) is 59.9 Å². The van der Waals surface area contributed by atoms with Gasteiger partial charge in [-0.3, -0.25) is 4.90 Å². The molecule has 7 nitrogen and oxygen atoms in total. The van der Waals surface area contributed by atoms with Crippen LogP contribution in [0.3, 0.4) is 0 Å². The van der Waals surface area contributed by atoms with E-state index in [1.54, 1.807) is 35.5 Å². The highest BCUT2D eigenvalue weighted by Gasteiger charge is 2.26. The standard InChI is InChI=1S/C28H33NO6/c1-31-20-7-8-21(24(16-20)33-3)27-22-17-29(13-11-19(22)15-26(35-5)28(27)30)12-10-18-6-9-23(32-2)25(14-18)34-4/h6-9,14-16,30H,10-13,17H2,1-5H3. The lowest BCUT2D eigenvalue weighted by molar-refractivity contribution is 0.256. The van der Waals surface area contributed by atoms with Crippen molar-refractivity contribution in [3.05, 3.63) is 59.2 Å². The summed E-state index contributed by atoms with van der Waals surface area (Å²) in [7, 11) is 8.11. The van der Waals surface area contributed by atoms with Gasteiger partial charge in [0.2, 0.25) is 0 Å². The van der Waals surface area contributed by atoms with Gasteiger partial charge in [0, 0.05) is 36.8 Å². The second-order valence-electron chi connectivity index (χ2n) is 8.47. The maximum absolute atomic E-state index is 11.2. The number of hydrogen-bond donors (Lipinski definition) is 1. The minimum absolute atomic E-state index is 0.122. The van der Waals surface area contributed by atoms with Crippen LogP contribution in [0, 0.1) is 0 Å². The molecule has 0 aliphatic carbocycles. The van der Waals surface area contributed by atoms with Crippen LogP contribution in [0.1, 0.15) is 16.7 Å². The number of methoxy groups -OCH3 is 5. The van der Waals surface area contributed by atoms with Gasteiger partial charge in [-0.1, -0.05) is 6.07 Å². The minimum atomic E-state index is 0.122. The molecule has 4 rings (SSSR count). The average molecular weight is 480 g/mol. The Morgan fingerprint density at radius 1 is 0.771 bits per heavy atom. The Labute approximate surface area is 206 Å². The number of hydrogen-bond acceptors (Lipinski definition) is 7. The van der Waals surface area contributed by atoms with E-state index in [0.717, 1.165) is 54.1 Å². The molecule has 0 unspecified atom stereocenters. The number of phenolic OH excluding ortho intramolecular Hbond substituents is 1. The van der Waals surface area contributed by atoms with Crippen molar-refractivity contribution < 1.29 is 28.8 Å². The lowest BCUT2D eigenvalue weighted by Gasteiger charge is -2.31. The molecule has 0 aromatic heterocycles. The van der Waals surface area contributed by atoms with Crippen molar-refractivity contribution in [2.24, 2.45) is 0 Å². The highest BCUT2D eigenvalue weighted by molar-refractivity contribution is 5.82. The predicted molar refractivity (Wildman–Crippen MR) is 135 cm³/mol. The van der Waals surface area contributed by atoms with E-state index in [0.29, 0.717) is 23.8 Å². The molecule has 0 bridgehead atoms. The fourth-order valence-corrected chi connectivity index (χ4v) is 4.69. The van der Waals surface area contributed by atoms with Gasteiger partial charge >= 0.3 is 0 Å². The second-order valence-corrected chi connectivity index (χ2v) is 8.47. The van der Waals surface area contributed by atoms with Gasteiger partial charge in [-0.2, -0.15) is 0 Å². The van der Waals surface area contributed by atoms with Crippen LogP contribution in [-0.2, 0) is 19.4 Å². The number of rotatable bonds is 9. The number of ether oxygens (including phenoxy) is 5. The molecule has 0 saturated carbocycles. The zero-order valence-corrected chi connectivity index (χ0v) is 21.0. The van der Waals surface area contributed by atoms with Gasteiger partial charge in [0.25, 0.3) is 0 Å². The van der Waals surface area contributed by atoms with E-state index in [9.17, 15) is 5.11 Å². The molecule has 186 valence electrons. The Bertz CT molecular complexity index is 1190. The summed E-state index contributed by atoms with van der Waals surface area (Å²) in [5.74, 6) is 3.38. The molecule has 3 aromatic rings. The summed E-state index contributed by atoms with van der Waals surface area (Å²) in [6.45, 7) is 2.51. The number of aromatic hydroxyl groups is 1. The van der Waals surface area contributed by atoms with Crippen molar-refractivity contribution in [2.75, 3.05) is 48.6 Å². The van der Waals surface area contributed by atoms with Crippen molar-refractivity contribution >= 4 is 0 Å². The first kappa shape index (κ1) is 24.5. The van der Waals surface area contributed by atoms with Crippen LogP contribution < -0.4 is 23.7 Å². The van der Waals surface area contributed by atoms with Gasteiger partial charge in [-0.25, -0.2) is 0 Å². The summed E-state index contributed by atoms with van der Waals surface area (Å²) in [4.78, 5) is 2.41. The molecule has 7 heteroatoms. The Morgan fingerprint density at radius 3 is 2.20 bits per heavy atom. The highest BCUT2D eigenvalue weighted by Crippen LogP contribution is 2.47. The van der Waals surface area contributed by atoms with Crippen LogP contribution >= 0.6 is 0 Å². The van der Waals surface area contributed by atoms with Crippen LogP contribution in [0.4, 0.5) is 0 Å². The largest absolute Gasteiger partial charge is 0.504 e. The zero-order valence-electron chi connectivity index (χ0n) is 21.0. The minimum Gasteiger partial charge on any atom is -0.504 e. The fourth-order valence-electron chi connectivity index (χ4n) is 4.69. The van der Waals surface area contributed by atoms with E-state index < -0.39 is 0 Å². The van der Waals surface area contributed by atoms with Crippen molar-refractivity contribution in [1.82, 2.24) is 4.90 Å². The van der Waals surface area contributed by atoms with Gasteiger partial charge < -0.3 is 28.8 Å². The van der Waals surface area contributed by atoms with E-state index in [2.05, 4.69) is 11.0 Å². The molecule has 0 saturated heterocycles. The monoisotopic (exact) mass is 479 g/mol. The maximum atomic E-state index is 11.2. The molecule has 1 N–H and O–H groups in total. The van der Waals surface area contributed by atoms with Gasteiger partial charge in [0.05, 0.1) is 35.5 Å². The molecule has 1 aliphatic rings. The summed E-state index contributed by atoms with van der Waals surface area (Å²) in [5, 5.41) is 11.2. The molecule has 1 heterocycles. The zero-order chi connectivity index (χ0) is 24.9. The smallest absolute Gasteiger partial charge is 0.166 e. The van der Waals surface area contributed by atoms with Crippen LogP contribution in [0.15, 0.2) is 42.5 Å². The Morgan fingerprint density at radius 2 is 1.51 bits per heavy atom. The third kappa shape index (κ3) is 4.95. The van der Waals surface area contributed by atoms with E-state index in [4.69, 9.17) is 23.7 Å². The summed E-state index contributed by atoms with van der Waals surface area (Å²) < 4.78 is 27.4. The lowest BCUT2D eigenvalue weighted by Crippen LogP contribution is -2.32. The van der Waals surface area contributed by atoms with Crippen molar-refractivity contribution in [3.8, 4) is 45.6 Å². The van der Waals surface area contributed by atoms with Crippen LogP contribution in [0.25, 0.3) is 11.1 Å². The first-order valence-electron chi connectivity index (χ1n) is 11.6. The van der Waals surface area contributed by atoms with Gasteiger partial charge in [0.15, 0.2) is 23.0 Å². The van der Waals surface area contributed by atoms with Crippen LogP contribution in [-0.4, -0.2) is 58.6 Å². The summed E-state index contributed by atoms with van der Waals surface area (Å²) in [6, 6.07) is 13.6. The van der Waals surface area contributed by atoms with Crippen molar-refractivity contribution in [3.63, 3.8) is 0 Å². The lowest BCUT2D eigenvalue weighted by atomic mass is 9.89. The molecular formula is C28H33NO6. The Kier molecular flexibility index (Phi) is 7.56. The van der Waals surface area contributed by atoms with E-state index in [1.165, 1.54) is 11.1 Å². The average Bonchev–Trinajstić information content (AvgIpc) is 2.91. The topological polar surface area (TPSA) is 69.6 Å². The van der Waals surface area contributed by atoms with Crippen LogP contribution in [0.5, 0.6) is 34.5 Å². The number of phenols is 1. The summed E-state index contributed by atoms with van der Waals surface area (Å²) >= 11 is 0. The van der Waals surface area contributed by atoms with Crippen molar-refractivity contribution in [1.29, 1.82) is 0 Å².